The van der Waals surface area contributed by atoms with Gasteiger partial charge in [0.15, 0.2) is 0 Å². The third-order valence-corrected chi connectivity index (χ3v) is 3.43. The van der Waals surface area contributed by atoms with Gasteiger partial charge in [-0.2, -0.15) is 0 Å². The van der Waals surface area contributed by atoms with Crippen molar-refractivity contribution < 1.29 is 14.6 Å². The Morgan fingerprint density at radius 2 is 2.37 bits per heavy atom. The van der Waals surface area contributed by atoms with Gasteiger partial charge < -0.3 is 20.1 Å². The van der Waals surface area contributed by atoms with Crippen LogP contribution in [0.4, 0.5) is 5.69 Å². The maximum atomic E-state index is 11.9. The second kappa shape index (κ2) is 6.04. The van der Waals surface area contributed by atoms with E-state index in [9.17, 15) is 4.79 Å². The number of aliphatic hydroxyl groups excluding tert-OH is 1. The molecule has 104 valence electrons. The molecule has 0 saturated carbocycles. The third-order valence-electron chi connectivity index (χ3n) is 3.43. The minimum atomic E-state index is -0.294. The molecule has 1 atom stereocenters. The lowest BCUT2D eigenvalue weighted by molar-refractivity contribution is -0.124. The van der Waals surface area contributed by atoms with Gasteiger partial charge >= 0.3 is 0 Å². The van der Waals surface area contributed by atoms with Crippen LogP contribution in [0.3, 0.4) is 0 Å². The Balaban J connectivity index is 2.29. The van der Waals surface area contributed by atoms with E-state index in [4.69, 9.17) is 9.84 Å². The van der Waals surface area contributed by atoms with Crippen molar-refractivity contribution in [2.45, 2.75) is 19.6 Å². The SMILES string of the molecule is CNC(=O)C1COCCN1c1ccc(CO)cc1C. The van der Waals surface area contributed by atoms with Crippen LogP contribution in [0.15, 0.2) is 18.2 Å². The van der Waals surface area contributed by atoms with E-state index < -0.39 is 0 Å². The molecule has 5 heteroatoms. The van der Waals surface area contributed by atoms with Gasteiger partial charge in [-0.15, -0.1) is 0 Å². The van der Waals surface area contributed by atoms with Crippen LogP contribution in [-0.2, 0) is 16.1 Å². The van der Waals surface area contributed by atoms with Crippen LogP contribution in [-0.4, -0.2) is 43.9 Å². The summed E-state index contributed by atoms with van der Waals surface area (Å²) in [6.07, 6.45) is 0. The van der Waals surface area contributed by atoms with E-state index in [0.29, 0.717) is 19.8 Å². The first-order valence-electron chi connectivity index (χ1n) is 6.43. The number of morpholine rings is 1. The second-order valence-electron chi connectivity index (χ2n) is 4.68. The molecule has 2 N–H and O–H groups in total. The van der Waals surface area contributed by atoms with Gasteiger partial charge in [0.05, 0.1) is 19.8 Å². The zero-order valence-electron chi connectivity index (χ0n) is 11.3. The van der Waals surface area contributed by atoms with Crippen molar-refractivity contribution in [2.75, 3.05) is 31.7 Å². The summed E-state index contributed by atoms with van der Waals surface area (Å²) in [6, 6.07) is 5.50. The average Bonchev–Trinajstić information content (AvgIpc) is 2.46. The van der Waals surface area contributed by atoms with Gasteiger partial charge in [-0.05, 0) is 24.1 Å². The molecule has 0 bridgehead atoms. The van der Waals surface area contributed by atoms with E-state index >= 15 is 0 Å². The normalized spacial score (nSPS) is 19.3. The second-order valence-corrected chi connectivity index (χ2v) is 4.68. The number of hydrogen-bond acceptors (Lipinski definition) is 4. The highest BCUT2D eigenvalue weighted by molar-refractivity contribution is 5.85. The molecule has 1 unspecified atom stereocenters. The van der Waals surface area contributed by atoms with Gasteiger partial charge in [-0.1, -0.05) is 12.1 Å². The monoisotopic (exact) mass is 264 g/mol. The van der Waals surface area contributed by atoms with Crippen LogP contribution in [0.25, 0.3) is 0 Å². The zero-order chi connectivity index (χ0) is 13.8. The number of hydrogen-bond donors (Lipinski definition) is 2. The lowest BCUT2D eigenvalue weighted by Crippen LogP contribution is -2.53. The van der Waals surface area contributed by atoms with E-state index in [2.05, 4.69) is 10.2 Å². The van der Waals surface area contributed by atoms with Crippen molar-refractivity contribution in [3.05, 3.63) is 29.3 Å². The first kappa shape index (κ1) is 13.8. The quantitative estimate of drug-likeness (QED) is 0.831. The molecule has 1 aliphatic rings. The minimum absolute atomic E-state index is 0.0309. The molecule has 1 amide bonds. The van der Waals surface area contributed by atoms with Gasteiger partial charge in [-0.25, -0.2) is 0 Å². The summed E-state index contributed by atoms with van der Waals surface area (Å²) in [6.45, 7) is 3.74. The summed E-state index contributed by atoms with van der Waals surface area (Å²) in [7, 11) is 1.64. The summed E-state index contributed by atoms with van der Waals surface area (Å²) in [4.78, 5) is 14.0. The van der Waals surface area contributed by atoms with Gasteiger partial charge in [0.25, 0.3) is 0 Å². The lowest BCUT2D eigenvalue weighted by Gasteiger charge is -2.37. The average molecular weight is 264 g/mol. The molecule has 1 aromatic carbocycles. The van der Waals surface area contributed by atoms with Crippen LogP contribution in [0.5, 0.6) is 0 Å². The van der Waals surface area contributed by atoms with Crippen molar-refractivity contribution in [1.29, 1.82) is 0 Å². The highest BCUT2D eigenvalue weighted by atomic mass is 16.5. The molecule has 2 rings (SSSR count). The van der Waals surface area contributed by atoms with Crippen molar-refractivity contribution >= 4 is 11.6 Å². The van der Waals surface area contributed by atoms with Gasteiger partial charge in [0.1, 0.15) is 6.04 Å². The minimum Gasteiger partial charge on any atom is -0.392 e. The number of nitrogens with zero attached hydrogens (tertiary/aromatic N) is 1. The summed E-state index contributed by atoms with van der Waals surface area (Å²) >= 11 is 0. The zero-order valence-corrected chi connectivity index (χ0v) is 11.3. The van der Waals surface area contributed by atoms with Gasteiger partial charge in [0, 0.05) is 19.3 Å². The van der Waals surface area contributed by atoms with Crippen LogP contribution < -0.4 is 10.2 Å². The number of anilines is 1. The molecule has 5 nitrogen and oxygen atoms in total. The van der Waals surface area contributed by atoms with Crippen LogP contribution in [0.2, 0.25) is 0 Å². The Kier molecular flexibility index (Phi) is 4.39. The number of benzene rings is 1. The summed E-state index contributed by atoms with van der Waals surface area (Å²) < 4.78 is 5.40. The van der Waals surface area contributed by atoms with Gasteiger partial charge in [0.2, 0.25) is 5.91 Å². The largest absolute Gasteiger partial charge is 0.392 e. The van der Waals surface area contributed by atoms with E-state index in [0.717, 1.165) is 16.8 Å². The Hall–Kier alpha value is -1.59. The number of aryl methyl sites for hydroxylation is 1. The van der Waals surface area contributed by atoms with Crippen LogP contribution in [0, 0.1) is 6.92 Å². The molecular weight excluding hydrogens is 244 g/mol. The van der Waals surface area contributed by atoms with Crippen molar-refractivity contribution in [2.24, 2.45) is 0 Å². The molecule has 1 saturated heterocycles. The number of rotatable bonds is 3. The predicted molar refractivity (Wildman–Crippen MR) is 73.1 cm³/mol. The number of likely N-dealkylation sites (N-methyl/N-ethyl adjacent to an activating group) is 1. The summed E-state index contributed by atoms with van der Waals surface area (Å²) in [5, 5.41) is 11.8. The predicted octanol–water partition coefficient (Wildman–Crippen LogP) is 0.439. The first-order chi connectivity index (χ1) is 9.17. The van der Waals surface area contributed by atoms with Crippen molar-refractivity contribution in [3.63, 3.8) is 0 Å². The number of nitrogens with one attached hydrogen (secondary N) is 1. The molecule has 19 heavy (non-hydrogen) atoms. The number of ether oxygens (including phenoxy) is 1. The fraction of sp³-hybridized carbons (Fsp3) is 0.500. The maximum absolute atomic E-state index is 11.9. The van der Waals surface area contributed by atoms with Crippen molar-refractivity contribution in [3.8, 4) is 0 Å². The standard InChI is InChI=1S/C14H20N2O3/c1-10-7-11(8-17)3-4-12(10)16-5-6-19-9-13(16)14(18)15-2/h3-4,7,13,17H,5-6,8-9H2,1-2H3,(H,15,18). The number of amides is 1. The van der Waals surface area contributed by atoms with Crippen LogP contribution >= 0.6 is 0 Å². The molecule has 0 radical (unpaired) electrons. The smallest absolute Gasteiger partial charge is 0.244 e. The van der Waals surface area contributed by atoms with Crippen LogP contribution in [0.1, 0.15) is 11.1 Å². The number of carbonyl (C=O) groups excluding carboxylic acids is 1. The third kappa shape index (κ3) is 2.88. The fourth-order valence-electron chi connectivity index (χ4n) is 2.41. The van der Waals surface area contributed by atoms with E-state index in [1.165, 1.54) is 0 Å². The van der Waals surface area contributed by atoms with Crippen molar-refractivity contribution in [1.82, 2.24) is 5.32 Å². The van der Waals surface area contributed by atoms with E-state index in [1.807, 2.05) is 25.1 Å². The maximum Gasteiger partial charge on any atom is 0.244 e. The summed E-state index contributed by atoms with van der Waals surface area (Å²) in [5.41, 5.74) is 2.96. The fourth-order valence-corrected chi connectivity index (χ4v) is 2.41. The van der Waals surface area contributed by atoms with Gasteiger partial charge in [-0.3, -0.25) is 4.79 Å². The molecule has 1 aliphatic heterocycles. The molecule has 1 heterocycles. The number of aliphatic hydroxyl groups is 1. The Labute approximate surface area is 113 Å². The Morgan fingerprint density at radius 1 is 1.58 bits per heavy atom. The summed E-state index contributed by atoms with van der Waals surface area (Å²) in [5.74, 6) is -0.0367. The van der Waals surface area contributed by atoms with E-state index in [1.54, 1.807) is 7.05 Å². The molecule has 1 aromatic rings. The first-order valence-corrected chi connectivity index (χ1v) is 6.43. The lowest BCUT2D eigenvalue weighted by atomic mass is 10.1. The highest BCUT2D eigenvalue weighted by Crippen LogP contribution is 2.25. The molecule has 0 aliphatic carbocycles. The molecular formula is C14H20N2O3. The Morgan fingerprint density at radius 3 is 3.00 bits per heavy atom. The molecule has 1 fully saturated rings. The molecule has 0 spiro atoms. The van der Waals surface area contributed by atoms with E-state index in [-0.39, 0.29) is 18.6 Å². The highest BCUT2D eigenvalue weighted by Gasteiger charge is 2.29. The topological polar surface area (TPSA) is 61.8 Å². The Bertz CT molecular complexity index is 462. The molecule has 0 aromatic heterocycles. The number of carbonyl (C=O) groups is 1.